The number of hydrogen-bond acceptors (Lipinski definition) is 3. The molecule has 0 atom stereocenters. The van der Waals surface area contributed by atoms with Crippen LogP contribution in [0.15, 0.2) is 70.5 Å². The number of benzene rings is 3. The zero-order valence-electron chi connectivity index (χ0n) is 16.4. The number of halogens is 2. The highest BCUT2D eigenvalue weighted by Crippen LogP contribution is 2.28. The molecule has 0 amide bonds. The van der Waals surface area contributed by atoms with Crippen molar-refractivity contribution in [3.05, 3.63) is 98.5 Å². The summed E-state index contributed by atoms with van der Waals surface area (Å²) in [5.41, 5.74) is 3.13. The number of fused-ring (bicyclic) bond motifs is 1. The van der Waals surface area contributed by atoms with Gasteiger partial charge in [-0.05, 0) is 61.4 Å². The fraction of sp³-hybridized carbons (Fsp3) is 0.0833. The molecule has 0 fully saturated rings. The highest BCUT2D eigenvalue weighted by molar-refractivity contribution is 6.31. The van der Waals surface area contributed by atoms with Crippen LogP contribution in [0.4, 0.5) is 10.1 Å². The van der Waals surface area contributed by atoms with Crippen molar-refractivity contribution >= 4 is 34.3 Å². The lowest BCUT2D eigenvalue weighted by Gasteiger charge is -2.14. The van der Waals surface area contributed by atoms with Crippen LogP contribution in [-0.4, -0.2) is 15.9 Å². The maximum atomic E-state index is 13.4. The Labute approximate surface area is 177 Å². The van der Waals surface area contributed by atoms with Crippen LogP contribution in [0.2, 0.25) is 5.02 Å². The topological polar surface area (TPSA) is 54.6 Å². The van der Waals surface area contributed by atoms with Crippen molar-refractivity contribution in [3.8, 4) is 11.6 Å². The van der Waals surface area contributed by atoms with Gasteiger partial charge in [0.05, 0.1) is 22.0 Å². The monoisotopic (exact) mass is 420 g/mol. The second-order valence-electron chi connectivity index (χ2n) is 7.05. The number of aromatic nitrogens is 1. The summed E-state index contributed by atoms with van der Waals surface area (Å²) in [6.07, 6.45) is 1.46. The van der Waals surface area contributed by atoms with E-state index in [0.717, 1.165) is 11.1 Å². The maximum absolute atomic E-state index is 13.4. The molecule has 6 heteroatoms. The summed E-state index contributed by atoms with van der Waals surface area (Å²) in [6.45, 7) is 3.93. The molecule has 0 bridgehead atoms. The molecule has 0 aliphatic carbocycles. The molecule has 0 aliphatic heterocycles. The molecule has 0 unspecified atom stereocenters. The van der Waals surface area contributed by atoms with E-state index in [4.69, 9.17) is 11.6 Å². The first kappa shape index (κ1) is 19.9. The standard InChI is InChI=1S/C24H18ClFN2O2/c1-14-7-9-17(11-15(14)2)28-23(29)19-6-4-3-5-18(19)20(24(28)30)13-27-16-8-10-22(26)21(25)12-16/h3-13,30H,1-2H3. The predicted octanol–water partition coefficient (Wildman–Crippen LogP) is 5.86. The number of pyridine rings is 1. The molecule has 4 nitrogen and oxygen atoms in total. The van der Waals surface area contributed by atoms with E-state index in [1.165, 1.54) is 29.0 Å². The van der Waals surface area contributed by atoms with Crippen LogP contribution in [0.5, 0.6) is 5.88 Å². The average Bonchev–Trinajstić information content (AvgIpc) is 2.73. The molecule has 0 saturated heterocycles. The first-order valence-electron chi connectivity index (χ1n) is 9.30. The molecule has 0 spiro atoms. The normalized spacial score (nSPS) is 11.5. The molecule has 30 heavy (non-hydrogen) atoms. The van der Waals surface area contributed by atoms with E-state index in [9.17, 15) is 14.3 Å². The van der Waals surface area contributed by atoms with E-state index in [1.54, 1.807) is 30.3 Å². The van der Waals surface area contributed by atoms with Gasteiger partial charge in [0, 0.05) is 17.0 Å². The third-order valence-electron chi connectivity index (χ3n) is 5.10. The molecule has 3 aromatic carbocycles. The van der Waals surface area contributed by atoms with Crippen LogP contribution in [0, 0.1) is 19.7 Å². The molecule has 4 rings (SSSR count). The zero-order valence-corrected chi connectivity index (χ0v) is 17.1. The highest BCUT2D eigenvalue weighted by atomic mass is 35.5. The molecule has 1 aromatic heterocycles. The molecule has 0 saturated carbocycles. The van der Waals surface area contributed by atoms with Crippen molar-refractivity contribution < 1.29 is 9.50 Å². The van der Waals surface area contributed by atoms with Gasteiger partial charge in [-0.2, -0.15) is 0 Å². The number of aliphatic imine (C=N–C) groups is 1. The van der Waals surface area contributed by atoms with Crippen LogP contribution in [0.1, 0.15) is 16.7 Å². The third kappa shape index (κ3) is 3.48. The number of rotatable bonds is 3. The molecular weight excluding hydrogens is 403 g/mol. The third-order valence-corrected chi connectivity index (χ3v) is 5.39. The van der Waals surface area contributed by atoms with Gasteiger partial charge in [0.25, 0.3) is 5.56 Å². The minimum Gasteiger partial charge on any atom is -0.494 e. The molecule has 4 aromatic rings. The Bertz CT molecular complexity index is 1380. The van der Waals surface area contributed by atoms with E-state index < -0.39 is 5.82 Å². The van der Waals surface area contributed by atoms with Crippen LogP contribution in [0.25, 0.3) is 16.5 Å². The lowest BCUT2D eigenvalue weighted by molar-refractivity contribution is 0.436. The van der Waals surface area contributed by atoms with Gasteiger partial charge in [0.15, 0.2) is 0 Å². The van der Waals surface area contributed by atoms with E-state index in [0.29, 0.717) is 27.7 Å². The van der Waals surface area contributed by atoms with Crippen molar-refractivity contribution in [1.82, 2.24) is 4.57 Å². The summed E-state index contributed by atoms with van der Waals surface area (Å²) in [4.78, 5) is 17.5. The van der Waals surface area contributed by atoms with Crippen LogP contribution in [-0.2, 0) is 0 Å². The molecule has 0 aliphatic rings. The number of aromatic hydroxyl groups is 1. The van der Waals surface area contributed by atoms with Crippen LogP contribution >= 0.6 is 11.6 Å². The Hall–Kier alpha value is -3.44. The average molecular weight is 421 g/mol. The molecule has 1 heterocycles. The lowest BCUT2D eigenvalue weighted by atomic mass is 10.1. The fourth-order valence-electron chi connectivity index (χ4n) is 3.30. The molecule has 1 N–H and O–H groups in total. The van der Waals surface area contributed by atoms with Crippen molar-refractivity contribution in [2.24, 2.45) is 4.99 Å². The molecular formula is C24H18ClFN2O2. The first-order chi connectivity index (χ1) is 14.4. The summed E-state index contributed by atoms with van der Waals surface area (Å²) in [7, 11) is 0. The Kier molecular flexibility index (Phi) is 5.14. The predicted molar refractivity (Wildman–Crippen MR) is 119 cm³/mol. The van der Waals surface area contributed by atoms with Crippen molar-refractivity contribution in [2.45, 2.75) is 13.8 Å². The Morgan fingerprint density at radius 1 is 1.00 bits per heavy atom. The van der Waals surface area contributed by atoms with Crippen LogP contribution in [0.3, 0.4) is 0 Å². The summed E-state index contributed by atoms with van der Waals surface area (Å²) in [6, 6.07) is 16.7. The quantitative estimate of drug-likeness (QED) is 0.422. The second kappa shape index (κ2) is 7.76. The summed E-state index contributed by atoms with van der Waals surface area (Å²) < 4.78 is 14.7. The van der Waals surface area contributed by atoms with Crippen molar-refractivity contribution in [1.29, 1.82) is 0 Å². The van der Waals surface area contributed by atoms with Gasteiger partial charge in [0.2, 0.25) is 5.88 Å². The minimum absolute atomic E-state index is 0.0427. The van der Waals surface area contributed by atoms with Gasteiger partial charge < -0.3 is 5.11 Å². The van der Waals surface area contributed by atoms with Crippen LogP contribution < -0.4 is 5.56 Å². The van der Waals surface area contributed by atoms with Gasteiger partial charge in [-0.15, -0.1) is 0 Å². The van der Waals surface area contributed by atoms with Gasteiger partial charge in [-0.25, -0.2) is 8.96 Å². The minimum atomic E-state index is -0.535. The molecule has 150 valence electrons. The van der Waals surface area contributed by atoms with E-state index in [-0.39, 0.29) is 16.5 Å². The van der Waals surface area contributed by atoms with Crippen molar-refractivity contribution in [2.75, 3.05) is 0 Å². The van der Waals surface area contributed by atoms with Gasteiger partial charge in [0.1, 0.15) is 5.82 Å². The van der Waals surface area contributed by atoms with E-state index >= 15 is 0 Å². The molecule has 0 radical (unpaired) electrons. The summed E-state index contributed by atoms with van der Waals surface area (Å²) in [5, 5.41) is 12.0. The number of aryl methyl sites for hydroxylation is 2. The SMILES string of the molecule is Cc1ccc(-n2c(O)c(C=Nc3ccc(F)c(Cl)c3)c3ccccc3c2=O)cc1C. The lowest BCUT2D eigenvalue weighted by Crippen LogP contribution is -2.20. The maximum Gasteiger partial charge on any atom is 0.265 e. The second-order valence-corrected chi connectivity index (χ2v) is 7.46. The summed E-state index contributed by atoms with van der Waals surface area (Å²) >= 11 is 5.83. The van der Waals surface area contributed by atoms with Gasteiger partial charge >= 0.3 is 0 Å². The Morgan fingerprint density at radius 3 is 2.43 bits per heavy atom. The fourth-order valence-corrected chi connectivity index (χ4v) is 3.47. The Balaban J connectivity index is 1.96. The number of nitrogens with zero attached hydrogens (tertiary/aromatic N) is 2. The van der Waals surface area contributed by atoms with Crippen molar-refractivity contribution in [3.63, 3.8) is 0 Å². The first-order valence-corrected chi connectivity index (χ1v) is 9.68. The van der Waals surface area contributed by atoms with E-state index in [2.05, 4.69) is 4.99 Å². The number of hydrogen-bond donors (Lipinski definition) is 1. The smallest absolute Gasteiger partial charge is 0.265 e. The summed E-state index contributed by atoms with van der Waals surface area (Å²) in [5.74, 6) is -0.758. The zero-order chi connectivity index (χ0) is 21.4. The largest absolute Gasteiger partial charge is 0.494 e. The Morgan fingerprint density at radius 2 is 1.73 bits per heavy atom. The highest BCUT2D eigenvalue weighted by Gasteiger charge is 2.16. The van der Waals surface area contributed by atoms with Gasteiger partial charge in [-0.1, -0.05) is 35.9 Å². The van der Waals surface area contributed by atoms with E-state index in [1.807, 2.05) is 26.0 Å². The van der Waals surface area contributed by atoms with Gasteiger partial charge in [-0.3, -0.25) is 9.79 Å².